The monoisotopic (exact) mass is 282 g/mol. The quantitative estimate of drug-likeness (QED) is 0.699. The fraction of sp³-hybridized carbons (Fsp3) is 0.600. The number of nitrogens with zero attached hydrogens (tertiary/aromatic N) is 1. The SMILES string of the molecule is CNCCCN(C)Cc1c(OC)cc(OC)cc1OC. The number of nitrogens with one attached hydrogen (secondary N) is 1. The fourth-order valence-electron chi connectivity index (χ4n) is 2.11. The molecule has 0 spiro atoms. The Morgan fingerprint density at radius 3 is 2.10 bits per heavy atom. The van der Waals surface area contributed by atoms with Crippen LogP contribution in [-0.4, -0.2) is 53.4 Å². The molecule has 20 heavy (non-hydrogen) atoms. The highest BCUT2D eigenvalue weighted by atomic mass is 16.5. The minimum atomic E-state index is 0.736. The molecule has 0 aliphatic heterocycles. The Hall–Kier alpha value is -1.46. The summed E-state index contributed by atoms with van der Waals surface area (Å²) >= 11 is 0. The van der Waals surface area contributed by atoms with E-state index in [9.17, 15) is 0 Å². The molecule has 0 atom stereocenters. The molecule has 0 fully saturated rings. The van der Waals surface area contributed by atoms with Crippen LogP contribution in [0.15, 0.2) is 12.1 Å². The van der Waals surface area contributed by atoms with E-state index in [1.54, 1.807) is 21.3 Å². The van der Waals surface area contributed by atoms with Gasteiger partial charge in [0.25, 0.3) is 0 Å². The third kappa shape index (κ3) is 4.58. The van der Waals surface area contributed by atoms with Gasteiger partial charge < -0.3 is 24.4 Å². The largest absolute Gasteiger partial charge is 0.496 e. The van der Waals surface area contributed by atoms with Crippen LogP contribution in [0.3, 0.4) is 0 Å². The summed E-state index contributed by atoms with van der Waals surface area (Å²) in [4.78, 5) is 2.25. The third-order valence-corrected chi connectivity index (χ3v) is 3.21. The summed E-state index contributed by atoms with van der Waals surface area (Å²) in [5.41, 5.74) is 1.04. The average Bonchev–Trinajstić information content (AvgIpc) is 2.47. The van der Waals surface area contributed by atoms with E-state index in [0.29, 0.717) is 0 Å². The van der Waals surface area contributed by atoms with Crippen LogP contribution in [0, 0.1) is 0 Å². The molecule has 0 aliphatic carbocycles. The molecule has 1 aromatic rings. The van der Waals surface area contributed by atoms with Crippen LogP contribution >= 0.6 is 0 Å². The molecule has 0 radical (unpaired) electrons. The molecule has 1 aromatic carbocycles. The third-order valence-electron chi connectivity index (χ3n) is 3.21. The highest BCUT2D eigenvalue weighted by Gasteiger charge is 2.14. The second kappa shape index (κ2) is 8.66. The van der Waals surface area contributed by atoms with Crippen molar-refractivity contribution in [2.45, 2.75) is 13.0 Å². The van der Waals surface area contributed by atoms with Crippen molar-refractivity contribution >= 4 is 0 Å². The van der Waals surface area contributed by atoms with Gasteiger partial charge in [0.1, 0.15) is 17.2 Å². The van der Waals surface area contributed by atoms with Gasteiger partial charge in [0.2, 0.25) is 0 Å². The molecular formula is C15H26N2O3. The molecule has 0 aromatic heterocycles. The molecule has 0 aliphatic rings. The maximum atomic E-state index is 5.46. The minimum absolute atomic E-state index is 0.736. The lowest BCUT2D eigenvalue weighted by molar-refractivity contribution is 0.300. The molecule has 0 bridgehead atoms. The zero-order valence-electron chi connectivity index (χ0n) is 13.2. The normalized spacial score (nSPS) is 10.7. The molecule has 114 valence electrons. The van der Waals surface area contributed by atoms with E-state index in [1.807, 2.05) is 19.2 Å². The van der Waals surface area contributed by atoms with E-state index in [1.165, 1.54) is 0 Å². The number of hydrogen-bond donors (Lipinski definition) is 1. The fourth-order valence-corrected chi connectivity index (χ4v) is 2.11. The van der Waals surface area contributed by atoms with Gasteiger partial charge in [-0.3, -0.25) is 0 Å². The summed E-state index contributed by atoms with van der Waals surface area (Å²) in [6.07, 6.45) is 1.10. The molecule has 1 N–H and O–H groups in total. The maximum Gasteiger partial charge on any atom is 0.130 e. The van der Waals surface area contributed by atoms with Crippen LogP contribution in [0.2, 0.25) is 0 Å². The summed E-state index contributed by atoms with van der Waals surface area (Å²) in [6.45, 7) is 2.81. The Bertz CT molecular complexity index is 385. The molecule has 0 heterocycles. The lowest BCUT2D eigenvalue weighted by atomic mass is 10.1. The summed E-state index contributed by atoms with van der Waals surface area (Å²) in [6, 6.07) is 3.78. The van der Waals surface area contributed by atoms with Gasteiger partial charge in [-0.2, -0.15) is 0 Å². The second-order valence-electron chi connectivity index (χ2n) is 4.71. The first-order valence-electron chi connectivity index (χ1n) is 6.78. The summed E-state index contributed by atoms with van der Waals surface area (Å²) in [5.74, 6) is 2.32. The Kier molecular flexibility index (Phi) is 7.18. The molecule has 5 nitrogen and oxygen atoms in total. The summed E-state index contributed by atoms with van der Waals surface area (Å²) in [5, 5.41) is 3.15. The van der Waals surface area contributed by atoms with Crippen molar-refractivity contribution in [2.24, 2.45) is 0 Å². The van der Waals surface area contributed by atoms with Gasteiger partial charge in [-0.05, 0) is 33.6 Å². The molecule has 5 heteroatoms. The standard InChI is InChI=1S/C15H26N2O3/c1-16-7-6-8-17(2)11-13-14(19-4)9-12(18-3)10-15(13)20-5/h9-10,16H,6-8,11H2,1-5H3. The highest BCUT2D eigenvalue weighted by molar-refractivity contribution is 5.50. The van der Waals surface area contributed by atoms with Crippen molar-refractivity contribution < 1.29 is 14.2 Å². The number of benzene rings is 1. The lowest BCUT2D eigenvalue weighted by Crippen LogP contribution is -2.23. The van der Waals surface area contributed by atoms with Gasteiger partial charge in [-0.15, -0.1) is 0 Å². The van der Waals surface area contributed by atoms with Crippen LogP contribution in [-0.2, 0) is 6.54 Å². The number of hydrogen-bond acceptors (Lipinski definition) is 5. The van der Waals surface area contributed by atoms with E-state index in [2.05, 4.69) is 17.3 Å². The van der Waals surface area contributed by atoms with E-state index >= 15 is 0 Å². The van der Waals surface area contributed by atoms with E-state index in [-0.39, 0.29) is 0 Å². The first-order chi connectivity index (χ1) is 9.65. The van der Waals surface area contributed by atoms with Gasteiger partial charge in [-0.25, -0.2) is 0 Å². The average molecular weight is 282 g/mol. The predicted octanol–water partition coefficient (Wildman–Crippen LogP) is 1.75. The smallest absolute Gasteiger partial charge is 0.130 e. The van der Waals surface area contributed by atoms with Crippen LogP contribution < -0.4 is 19.5 Å². The molecule has 0 unspecified atom stereocenters. The van der Waals surface area contributed by atoms with E-state index < -0.39 is 0 Å². The molecular weight excluding hydrogens is 256 g/mol. The maximum absolute atomic E-state index is 5.46. The molecule has 0 saturated carbocycles. The first-order valence-corrected chi connectivity index (χ1v) is 6.78. The van der Waals surface area contributed by atoms with E-state index in [0.717, 1.165) is 48.9 Å². The Labute approximate surface area is 121 Å². The van der Waals surface area contributed by atoms with Gasteiger partial charge in [-0.1, -0.05) is 0 Å². The van der Waals surface area contributed by atoms with Crippen molar-refractivity contribution in [3.8, 4) is 17.2 Å². The van der Waals surface area contributed by atoms with Crippen molar-refractivity contribution in [3.05, 3.63) is 17.7 Å². The van der Waals surface area contributed by atoms with Crippen LogP contribution in [0.4, 0.5) is 0 Å². The van der Waals surface area contributed by atoms with Crippen LogP contribution in [0.25, 0.3) is 0 Å². The first kappa shape index (κ1) is 16.6. The topological polar surface area (TPSA) is 43.0 Å². The predicted molar refractivity (Wildman–Crippen MR) is 81.0 cm³/mol. The van der Waals surface area contributed by atoms with Gasteiger partial charge in [0.15, 0.2) is 0 Å². The Morgan fingerprint density at radius 2 is 1.65 bits per heavy atom. The highest BCUT2D eigenvalue weighted by Crippen LogP contribution is 2.34. The van der Waals surface area contributed by atoms with Gasteiger partial charge in [0, 0.05) is 18.7 Å². The Balaban J connectivity index is 2.86. The second-order valence-corrected chi connectivity index (χ2v) is 4.71. The summed E-state index contributed by atoms with van der Waals surface area (Å²) in [7, 11) is 9.03. The minimum Gasteiger partial charge on any atom is -0.496 e. The van der Waals surface area contributed by atoms with E-state index in [4.69, 9.17) is 14.2 Å². The van der Waals surface area contributed by atoms with Crippen molar-refractivity contribution in [1.29, 1.82) is 0 Å². The summed E-state index contributed by atoms with van der Waals surface area (Å²) < 4.78 is 16.2. The van der Waals surface area contributed by atoms with Crippen LogP contribution in [0.1, 0.15) is 12.0 Å². The molecule has 0 saturated heterocycles. The van der Waals surface area contributed by atoms with Gasteiger partial charge in [0.05, 0.1) is 26.9 Å². The number of ether oxygens (including phenoxy) is 3. The number of methoxy groups -OCH3 is 3. The lowest BCUT2D eigenvalue weighted by Gasteiger charge is -2.21. The van der Waals surface area contributed by atoms with Crippen LogP contribution in [0.5, 0.6) is 17.2 Å². The van der Waals surface area contributed by atoms with Crippen molar-refractivity contribution in [3.63, 3.8) is 0 Å². The zero-order chi connectivity index (χ0) is 15.0. The van der Waals surface area contributed by atoms with Gasteiger partial charge >= 0.3 is 0 Å². The van der Waals surface area contributed by atoms with Crippen molar-refractivity contribution in [1.82, 2.24) is 10.2 Å². The van der Waals surface area contributed by atoms with Crippen molar-refractivity contribution in [2.75, 3.05) is 48.5 Å². The zero-order valence-corrected chi connectivity index (χ0v) is 13.2. The Morgan fingerprint density at radius 1 is 1.05 bits per heavy atom. The number of rotatable bonds is 9. The molecule has 1 rings (SSSR count). The molecule has 0 amide bonds.